The maximum absolute atomic E-state index is 11.9. The van der Waals surface area contributed by atoms with Crippen LogP contribution in [0.15, 0.2) is 25.0 Å². The molecule has 3 fully saturated rings. The van der Waals surface area contributed by atoms with Gasteiger partial charge in [0.05, 0.1) is 0 Å². The molecule has 0 radical (unpaired) electrons. The first kappa shape index (κ1) is 24.3. The highest BCUT2D eigenvalue weighted by Crippen LogP contribution is 2.33. The molecule has 4 heterocycles. The standard InChI is InChI=1S/C27H43N5O/c1-5-21(7-6-8-26(33)20(2)3)17-31-13-11-22(12-14-31)23-15-28-27(29-16-23)32-24-9-10-25(32)19-30(4)18-24/h5,15-16,20-22,24-25H,1,6-14,17-19H2,2-4H3. The Labute approximate surface area is 200 Å². The minimum atomic E-state index is 0.154. The van der Waals surface area contributed by atoms with Crippen LogP contribution in [-0.2, 0) is 4.79 Å². The van der Waals surface area contributed by atoms with Crippen LogP contribution >= 0.6 is 0 Å². The Morgan fingerprint density at radius 1 is 1.12 bits per heavy atom. The van der Waals surface area contributed by atoms with Crippen LogP contribution in [0, 0.1) is 11.8 Å². The number of rotatable bonds is 10. The van der Waals surface area contributed by atoms with Crippen molar-refractivity contribution in [2.24, 2.45) is 11.8 Å². The highest BCUT2D eigenvalue weighted by Gasteiger charge is 2.40. The van der Waals surface area contributed by atoms with Crippen molar-refractivity contribution in [2.45, 2.75) is 76.8 Å². The topological polar surface area (TPSA) is 52.6 Å². The molecule has 0 aliphatic carbocycles. The minimum absolute atomic E-state index is 0.154. The van der Waals surface area contributed by atoms with Crippen LogP contribution in [0.4, 0.5) is 5.95 Å². The second kappa shape index (κ2) is 11.1. The average Bonchev–Trinajstić information content (AvgIpc) is 3.09. The number of hydrogen-bond donors (Lipinski definition) is 0. The Balaban J connectivity index is 1.23. The van der Waals surface area contributed by atoms with Crippen molar-refractivity contribution < 1.29 is 4.79 Å². The molecule has 3 unspecified atom stereocenters. The molecule has 0 saturated carbocycles. The molecule has 6 heteroatoms. The fraction of sp³-hybridized carbons (Fsp3) is 0.741. The molecule has 3 aliphatic rings. The quantitative estimate of drug-likeness (QED) is 0.497. The van der Waals surface area contributed by atoms with Crippen LogP contribution < -0.4 is 4.90 Å². The van der Waals surface area contributed by atoms with Crippen LogP contribution in [0.3, 0.4) is 0 Å². The summed E-state index contributed by atoms with van der Waals surface area (Å²) in [6.07, 6.45) is 13.9. The van der Waals surface area contributed by atoms with Crippen molar-refractivity contribution in [1.82, 2.24) is 19.8 Å². The number of aromatic nitrogens is 2. The van der Waals surface area contributed by atoms with Crippen LogP contribution in [0.2, 0.25) is 0 Å². The number of ketones is 1. The number of piperazine rings is 1. The average molecular weight is 454 g/mol. The highest BCUT2D eigenvalue weighted by atomic mass is 16.1. The summed E-state index contributed by atoms with van der Waals surface area (Å²) in [5.41, 5.74) is 1.30. The molecule has 0 amide bonds. The number of carbonyl (C=O) groups excluding carboxylic acids is 1. The van der Waals surface area contributed by atoms with Crippen LogP contribution in [0.5, 0.6) is 0 Å². The van der Waals surface area contributed by atoms with E-state index in [2.05, 4.69) is 46.8 Å². The minimum Gasteiger partial charge on any atom is -0.332 e. The fourth-order valence-electron chi connectivity index (χ4n) is 6.01. The van der Waals surface area contributed by atoms with E-state index in [1.165, 1.54) is 18.4 Å². The fourth-order valence-corrected chi connectivity index (χ4v) is 6.01. The SMILES string of the molecule is C=CC(CCCC(=O)C(C)C)CN1CCC(c2cnc(N3C4CCC3CN(C)C4)nc2)CC1. The van der Waals surface area contributed by atoms with E-state index < -0.39 is 0 Å². The van der Waals surface area contributed by atoms with Crippen molar-refractivity contribution in [3.05, 3.63) is 30.6 Å². The molecule has 4 rings (SSSR count). The Hall–Kier alpha value is -1.79. The lowest BCUT2D eigenvalue weighted by molar-refractivity contribution is -0.122. The first-order chi connectivity index (χ1) is 15.9. The van der Waals surface area contributed by atoms with E-state index in [9.17, 15) is 4.79 Å². The molecule has 33 heavy (non-hydrogen) atoms. The molecule has 1 aromatic heterocycles. The van der Waals surface area contributed by atoms with Gasteiger partial charge in [0.25, 0.3) is 0 Å². The first-order valence-electron chi connectivity index (χ1n) is 13.1. The second-order valence-corrected chi connectivity index (χ2v) is 10.9. The van der Waals surface area contributed by atoms with Crippen molar-refractivity contribution in [1.29, 1.82) is 0 Å². The van der Waals surface area contributed by atoms with Gasteiger partial charge in [-0.3, -0.25) is 4.79 Å². The van der Waals surface area contributed by atoms with E-state index in [1.54, 1.807) is 0 Å². The molecule has 1 aromatic rings. The summed E-state index contributed by atoms with van der Waals surface area (Å²) >= 11 is 0. The number of hydrogen-bond acceptors (Lipinski definition) is 6. The number of anilines is 1. The zero-order chi connectivity index (χ0) is 23.4. The van der Waals surface area contributed by atoms with E-state index in [4.69, 9.17) is 9.97 Å². The van der Waals surface area contributed by atoms with Gasteiger partial charge in [-0.05, 0) is 76.1 Å². The molecule has 0 spiro atoms. The van der Waals surface area contributed by atoms with Gasteiger partial charge in [0.1, 0.15) is 5.78 Å². The van der Waals surface area contributed by atoms with Gasteiger partial charge in [-0.2, -0.15) is 0 Å². The monoisotopic (exact) mass is 453 g/mol. The van der Waals surface area contributed by atoms with Crippen molar-refractivity contribution in [3.63, 3.8) is 0 Å². The predicted octanol–water partition coefficient (Wildman–Crippen LogP) is 4.14. The van der Waals surface area contributed by atoms with Gasteiger partial charge in [-0.15, -0.1) is 6.58 Å². The number of Topliss-reactive ketones (excluding diaryl/α,β-unsaturated/α-hetero) is 1. The molecule has 3 atom stereocenters. The van der Waals surface area contributed by atoms with E-state index >= 15 is 0 Å². The number of nitrogens with zero attached hydrogens (tertiary/aromatic N) is 5. The summed E-state index contributed by atoms with van der Waals surface area (Å²) in [7, 11) is 2.23. The lowest BCUT2D eigenvalue weighted by atomic mass is 9.90. The molecule has 0 aromatic carbocycles. The van der Waals surface area contributed by atoms with E-state index in [1.807, 2.05) is 13.8 Å². The first-order valence-corrected chi connectivity index (χ1v) is 13.1. The molecule has 2 bridgehead atoms. The normalized spacial score (nSPS) is 25.5. The van der Waals surface area contributed by atoms with Crippen LogP contribution in [0.1, 0.15) is 70.3 Å². The summed E-state index contributed by atoms with van der Waals surface area (Å²) in [4.78, 5) is 29.0. The van der Waals surface area contributed by atoms with Crippen molar-refractivity contribution in [2.75, 3.05) is 44.7 Å². The van der Waals surface area contributed by atoms with E-state index in [-0.39, 0.29) is 5.92 Å². The molecule has 6 nitrogen and oxygen atoms in total. The summed E-state index contributed by atoms with van der Waals surface area (Å²) < 4.78 is 0. The number of likely N-dealkylation sites (tertiary alicyclic amines) is 2. The Morgan fingerprint density at radius 3 is 2.33 bits per heavy atom. The summed E-state index contributed by atoms with van der Waals surface area (Å²) in [6.45, 7) is 13.6. The molecule has 3 saturated heterocycles. The molecule has 3 aliphatic heterocycles. The molecule has 0 N–H and O–H groups in total. The zero-order valence-electron chi connectivity index (χ0n) is 21.0. The third-order valence-electron chi connectivity index (χ3n) is 8.08. The Kier molecular flexibility index (Phi) is 8.18. The smallest absolute Gasteiger partial charge is 0.225 e. The van der Waals surface area contributed by atoms with Gasteiger partial charge in [0, 0.05) is 56.5 Å². The number of piperidine rings is 1. The molecular weight excluding hydrogens is 410 g/mol. The van der Waals surface area contributed by atoms with Crippen LogP contribution in [-0.4, -0.2) is 77.4 Å². The third kappa shape index (κ3) is 6.02. The molecular formula is C27H43N5O. The summed E-state index contributed by atoms with van der Waals surface area (Å²) in [6, 6.07) is 1.15. The molecule has 182 valence electrons. The van der Waals surface area contributed by atoms with Crippen molar-refractivity contribution in [3.8, 4) is 0 Å². The van der Waals surface area contributed by atoms with E-state index in [0.29, 0.717) is 36.1 Å². The van der Waals surface area contributed by atoms with Gasteiger partial charge in [0.15, 0.2) is 0 Å². The van der Waals surface area contributed by atoms with Gasteiger partial charge >= 0.3 is 0 Å². The van der Waals surface area contributed by atoms with Gasteiger partial charge in [0.2, 0.25) is 5.95 Å². The number of likely N-dealkylation sites (N-methyl/N-ethyl adjacent to an activating group) is 1. The van der Waals surface area contributed by atoms with Crippen LogP contribution in [0.25, 0.3) is 0 Å². The van der Waals surface area contributed by atoms with Crippen molar-refractivity contribution >= 4 is 11.7 Å². The lowest BCUT2D eigenvalue weighted by Crippen LogP contribution is -2.53. The maximum atomic E-state index is 11.9. The Bertz CT molecular complexity index is 772. The third-order valence-corrected chi connectivity index (χ3v) is 8.08. The van der Waals surface area contributed by atoms with Gasteiger partial charge in [-0.1, -0.05) is 19.9 Å². The predicted molar refractivity (Wildman–Crippen MR) is 135 cm³/mol. The lowest BCUT2D eigenvalue weighted by Gasteiger charge is -2.39. The second-order valence-electron chi connectivity index (χ2n) is 10.9. The number of carbonyl (C=O) groups is 1. The maximum Gasteiger partial charge on any atom is 0.225 e. The van der Waals surface area contributed by atoms with Gasteiger partial charge < -0.3 is 14.7 Å². The zero-order valence-corrected chi connectivity index (χ0v) is 21.0. The Morgan fingerprint density at radius 2 is 1.76 bits per heavy atom. The van der Waals surface area contributed by atoms with Gasteiger partial charge in [-0.25, -0.2) is 9.97 Å². The van der Waals surface area contributed by atoms with E-state index in [0.717, 1.165) is 64.4 Å². The summed E-state index contributed by atoms with van der Waals surface area (Å²) in [5, 5.41) is 0. The summed E-state index contributed by atoms with van der Waals surface area (Å²) in [5.74, 6) is 2.50. The largest absolute Gasteiger partial charge is 0.332 e. The number of fused-ring (bicyclic) bond motifs is 2. The highest BCUT2D eigenvalue weighted by molar-refractivity contribution is 5.80.